The molecule has 2 aromatic rings. The topological polar surface area (TPSA) is 44.9 Å². The minimum atomic E-state index is -0.338. The van der Waals surface area contributed by atoms with Crippen LogP contribution in [0.15, 0.2) is 34.9 Å². The summed E-state index contributed by atoms with van der Waals surface area (Å²) in [5.74, 6) is -0.644. The van der Waals surface area contributed by atoms with Gasteiger partial charge in [-0.15, -0.1) is 0 Å². The molecule has 0 radical (unpaired) electrons. The highest BCUT2D eigenvalue weighted by molar-refractivity contribution is 9.10. The number of hydrogen-bond acceptors (Lipinski definition) is 1. The van der Waals surface area contributed by atoms with Crippen molar-refractivity contribution < 1.29 is 9.18 Å². The van der Waals surface area contributed by atoms with Crippen molar-refractivity contribution in [1.82, 2.24) is 4.98 Å². The zero-order valence-corrected chi connectivity index (χ0v) is 10.6. The fourth-order valence-electron chi connectivity index (χ4n) is 1.37. The molecule has 0 bridgehead atoms. The maximum absolute atomic E-state index is 13.3. The van der Waals surface area contributed by atoms with Gasteiger partial charge in [-0.25, -0.2) is 4.39 Å². The molecule has 2 N–H and O–H groups in total. The van der Waals surface area contributed by atoms with Gasteiger partial charge in [0.25, 0.3) is 5.91 Å². The molecule has 17 heavy (non-hydrogen) atoms. The SMILES string of the molecule is Cc1ccc(NC(=O)c2cc(Br)c[nH]2)cc1F. The zero-order chi connectivity index (χ0) is 12.4. The Morgan fingerprint density at radius 2 is 2.18 bits per heavy atom. The Balaban J connectivity index is 2.15. The van der Waals surface area contributed by atoms with Gasteiger partial charge in [0.15, 0.2) is 0 Å². The van der Waals surface area contributed by atoms with E-state index in [1.165, 1.54) is 6.07 Å². The van der Waals surface area contributed by atoms with Gasteiger partial charge in [0.05, 0.1) is 0 Å². The second kappa shape index (κ2) is 4.71. The van der Waals surface area contributed by atoms with Gasteiger partial charge in [-0.05, 0) is 46.6 Å². The monoisotopic (exact) mass is 296 g/mol. The molecule has 88 valence electrons. The minimum Gasteiger partial charge on any atom is -0.356 e. The summed E-state index contributed by atoms with van der Waals surface area (Å²) in [5.41, 5.74) is 1.40. The molecule has 0 saturated heterocycles. The van der Waals surface area contributed by atoms with Crippen molar-refractivity contribution in [3.05, 3.63) is 52.0 Å². The van der Waals surface area contributed by atoms with E-state index in [-0.39, 0.29) is 11.7 Å². The van der Waals surface area contributed by atoms with E-state index >= 15 is 0 Å². The number of anilines is 1. The van der Waals surface area contributed by atoms with E-state index in [1.807, 2.05) is 0 Å². The number of carbonyl (C=O) groups excluding carboxylic acids is 1. The quantitative estimate of drug-likeness (QED) is 0.876. The van der Waals surface area contributed by atoms with Crippen molar-refractivity contribution in [1.29, 1.82) is 0 Å². The van der Waals surface area contributed by atoms with Crippen LogP contribution >= 0.6 is 15.9 Å². The van der Waals surface area contributed by atoms with E-state index < -0.39 is 0 Å². The number of amides is 1. The Bertz CT molecular complexity index is 565. The number of aromatic amines is 1. The summed E-state index contributed by atoms with van der Waals surface area (Å²) < 4.78 is 14.1. The van der Waals surface area contributed by atoms with Gasteiger partial charge in [0.1, 0.15) is 11.5 Å². The van der Waals surface area contributed by atoms with Crippen LogP contribution in [0.4, 0.5) is 10.1 Å². The molecule has 3 nitrogen and oxygen atoms in total. The second-order valence-electron chi connectivity index (χ2n) is 3.65. The lowest BCUT2D eigenvalue weighted by Gasteiger charge is -2.04. The Morgan fingerprint density at radius 1 is 1.41 bits per heavy atom. The molecule has 0 spiro atoms. The number of rotatable bonds is 2. The first kappa shape index (κ1) is 11.9. The van der Waals surface area contributed by atoms with Crippen molar-refractivity contribution >= 4 is 27.5 Å². The average molecular weight is 297 g/mol. The van der Waals surface area contributed by atoms with Crippen molar-refractivity contribution in [3.63, 3.8) is 0 Å². The largest absolute Gasteiger partial charge is 0.356 e. The van der Waals surface area contributed by atoms with Gasteiger partial charge >= 0.3 is 0 Å². The van der Waals surface area contributed by atoms with Crippen molar-refractivity contribution in [2.75, 3.05) is 5.32 Å². The Labute approximate surface area is 106 Å². The van der Waals surface area contributed by atoms with Crippen LogP contribution in [-0.4, -0.2) is 10.9 Å². The van der Waals surface area contributed by atoms with Gasteiger partial charge in [-0.1, -0.05) is 6.07 Å². The summed E-state index contributed by atoms with van der Waals surface area (Å²) in [5, 5.41) is 2.61. The Morgan fingerprint density at radius 3 is 2.76 bits per heavy atom. The molecule has 0 aliphatic heterocycles. The smallest absolute Gasteiger partial charge is 0.272 e. The third-order valence-electron chi connectivity index (χ3n) is 2.32. The lowest BCUT2D eigenvalue weighted by molar-refractivity contribution is 0.102. The van der Waals surface area contributed by atoms with Crippen molar-refractivity contribution in [3.8, 4) is 0 Å². The molecule has 5 heteroatoms. The highest BCUT2D eigenvalue weighted by Gasteiger charge is 2.09. The van der Waals surface area contributed by atoms with Gasteiger partial charge in [-0.2, -0.15) is 0 Å². The van der Waals surface area contributed by atoms with E-state index in [1.54, 1.807) is 31.3 Å². The number of halogens is 2. The Kier molecular flexibility index (Phi) is 3.28. The highest BCUT2D eigenvalue weighted by atomic mass is 79.9. The first-order chi connectivity index (χ1) is 8.06. The number of benzene rings is 1. The number of nitrogens with one attached hydrogen (secondary N) is 2. The first-order valence-corrected chi connectivity index (χ1v) is 5.77. The minimum absolute atomic E-state index is 0.307. The number of aromatic nitrogens is 1. The predicted molar refractivity (Wildman–Crippen MR) is 67.6 cm³/mol. The standard InChI is InChI=1S/C12H10BrFN2O/c1-7-2-3-9(5-10(7)14)16-12(17)11-4-8(13)6-15-11/h2-6,15H,1H3,(H,16,17). The molecule has 0 fully saturated rings. The van der Waals surface area contributed by atoms with E-state index in [2.05, 4.69) is 26.2 Å². The highest BCUT2D eigenvalue weighted by Crippen LogP contribution is 2.16. The third kappa shape index (κ3) is 2.74. The number of carbonyl (C=O) groups is 1. The fraction of sp³-hybridized carbons (Fsp3) is 0.0833. The molecule has 1 aromatic carbocycles. The lowest BCUT2D eigenvalue weighted by atomic mass is 10.2. The maximum Gasteiger partial charge on any atom is 0.272 e. The van der Waals surface area contributed by atoms with Crippen LogP contribution in [0.3, 0.4) is 0 Å². The van der Waals surface area contributed by atoms with Gasteiger partial charge in [0, 0.05) is 16.4 Å². The van der Waals surface area contributed by atoms with Crippen LogP contribution in [0.25, 0.3) is 0 Å². The summed E-state index contributed by atoms with van der Waals surface area (Å²) in [6.07, 6.45) is 1.66. The zero-order valence-electron chi connectivity index (χ0n) is 9.05. The van der Waals surface area contributed by atoms with Crippen LogP contribution < -0.4 is 5.32 Å². The molecule has 0 saturated carbocycles. The second-order valence-corrected chi connectivity index (χ2v) is 4.57. The molecular weight excluding hydrogens is 287 g/mol. The van der Waals surface area contributed by atoms with Crippen LogP contribution in [0, 0.1) is 12.7 Å². The van der Waals surface area contributed by atoms with Crippen molar-refractivity contribution in [2.24, 2.45) is 0 Å². The Hall–Kier alpha value is -1.62. The van der Waals surface area contributed by atoms with Gasteiger partial charge in [-0.3, -0.25) is 4.79 Å². The molecular formula is C12H10BrFN2O. The summed E-state index contributed by atoms with van der Waals surface area (Å²) >= 11 is 3.24. The van der Waals surface area contributed by atoms with Crippen LogP contribution in [0.1, 0.15) is 16.1 Å². The molecule has 1 amide bonds. The molecule has 0 aliphatic carbocycles. The summed E-state index contributed by atoms with van der Waals surface area (Å²) in [7, 11) is 0. The summed E-state index contributed by atoms with van der Waals surface area (Å²) in [6, 6.07) is 6.23. The summed E-state index contributed by atoms with van der Waals surface area (Å²) in [4.78, 5) is 14.5. The maximum atomic E-state index is 13.3. The van der Waals surface area contributed by atoms with Crippen molar-refractivity contribution in [2.45, 2.75) is 6.92 Å². The molecule has 0 aliphatic rings. The van der Waals surface area contributed by atoms with Gasteiger partial charge in [0.2, 0.25) is 0 Å². The van der Waals surface area contributed by atoms with E-state index in [4.69, 9.17) is 0 Å². The molecule has 1 aromatic heterocycles. The fourth-order valence-corrected chi connectivity index (χ4v) is 1.71. The van der Waals surface area contributed by atoms with E-state index in [0.29, 0.717) is 16.9 Å². The van der Waals surface area contributed by atoms with E-state index in [9.17, 15) is 9.18 Å². The molecule has 2 rings (SSSR count). The van der Waals surface area contributed by atoms with Crippen LogP contribution in [-0.2, 0) is 0 Å². The number of H-pyrrole nitrogens is 1. The number of aryl methyl sites for hydroxylation is 1. The molecule has 0 atom stereocenters. The van der Waals surface area contributed by atoms with Crippen LogP contribution in [0.5, 0.6) is 0 Å². The molecule has 0 unspecified atom stereocenters. The normalized spacial score (nSPS) is 10.3. The van der Waals surface area contributed by atoms with E-state index in [0.717, 1.165) is 4.47 Å². The van der Waals surface area contributed by atoms with Gasteiger partial charge < -0.3 is 10.3 Å². The average Bonchev–Trinajstić information content (AvgIpc) is 2.70. The third-order valence-corrected chi connectivity index (χ3v) is 2.78. The predicted octanol–water partition coefficient (Wildman–Crippen LogP) is 3.48. The van der Waals surface area contributed by atoms with Crippen LogP contribution in [0.2, 0.25) is 0 Å². The lowest BCUT2D eigenvalue weighted by Crippen LogP contribution is -2.12. The summed E-state index contributed by atoms with van der Waals surface area (Å²) in [6.45, 7) is 1.67. The number of hydrogen-bond donors (Lipinski definition) is 2. The molecule has 1 heterocycles. The first-order valence-electron chi connectivity index (χ1n) is 4.97.